The van der Waals surface area contributed by atoms with Gasteiger partial charge in [0.25, 0.3) is 0 Å². The maximum atomic E-state index is 12.4. The fourth-order valence-corrected chi connectivity index (χ4v) is 2.31. The molecular formula is C20H22O3. The molecule has 0 spiro atoms. The van der Waals surface area contributed by atoms with E-state index in [-0.39, 0.29) is 23.4 Å². The van der Waals surface area contributed by atoms with Gasteiger partial charge in [0.15, 0.2) is 11.6 Å². The van der Waals surface area contributed by atoms with E-state index < -0.39 is 0 Å². The van der Waals surface area contributed by atoms with Crippen LogP contribution < -0.4 is 4.74 Å². The number of methoxy groups -OCH3 is 1. The molecule has 3 nitrogen and oxygen atoms in total. The monoisotopic (exact) mass is 310 g/mol. The number of hydrogen-bond donors (Lipinski definition) is 0. The summed E-state index contributed by atoms with van der Waals surface area (Å²) in [6, 6.07) is 14.4. The molecule has 0 N–H and O–H groups in total. The Morgan fingerprint density at radius 3 is 2.04 bits per heavy atom. The maximum absolute atomic E-state index is 12.4. The standard InChI is InChI=1S/C20H22O3/c1-20(2,3)16-9-5-7-14(11-16)18(21)13-19(22)15-8-6-10-17(12-15)23-4/h5-12H,13H2,1-4H3. The lowest BCUT2D eigenvalue weighted by Crippen LogP contribution is -2.13. The molecule has 120 valence electrons. The third-order valence-corrected chi connectivity index (χ3v) is 3.76. The Kier molecular flexibility index (Phi) is 4.99. The SMILES string of the molecule is COc1cccc(C(=O)CC(=O)c2cccc(C(C)(C)C)c2)c1. The molecule has 0 saturated carbocycles. The zero-order valence-corrected chi connectivity index (χ0v) is 14.1. The Labute approximate surface area is 137 Å². The van der Waals surface area contributed by atoms with Crippen molar-refractivity contribution in [3.8, 4) is 5.75 Å². The van der Waals surface area contributed by atoms with Gasteiger partial charge in [-0.1, -0.05) is 51.1 Å². The summed E-state index contributed by atoms with van der Waals surface area (Å²) in [5, 5.41) is 0. The van der Waals surface area contributed by atoms with Gasteiger partial charge in [-0.05, 0) is 29.2 Å². The van der Waals surface area contributed by atoms with E-state index in [0.717, 1.165) is 5.56 Å². The van der Waals surface area contributed by atoms with Crippen molar-refractivity contribution in [3.63, 3.8) is 0 Å². The number of hydrogen-bond acceptors (Lipinski definition) is 3. The van der Waals surface area contributed by atoms with Gasteiger partial charge in [-0.2, -0.15) is 0 Å². The van der Waals surface area contributed by atoms with E-state index >= 15 is 0 Å². The van der Waals surface area contributed by atoms with Gasteiger partial charge in [0.1, 0.15) is 5.75 Å². The zero-order chi connectivity index (χ0) is 17.0. The molecule has 23 heavy (non-hydrogen) atoms. The lowest BCUT2D eigenvalue weighted by Gasteiger charge is -2.19. The molecule has 2 aromatic carbocycles. The fraction of sp³-hybridized carbons (Fsp3) is 0.300. The normalized spacial score (nSPS) is 11.1. The highest BCUT2D eigenvalue weighted by Gasteiger charge is 2.18. The van der Waals surface area contributed by atoms with Gasteiger partial charge in [-0.3, -0.25) is 9.59 Å². The zero-order valence-electron chi connectivity index (χ0n) is 14.1. The topological polar surface area (TPSA) is 43.4 Å². The van der Waals surface area contributed by atoms with Crippen molar-refractivity contribution in [1.82, 2.24) is 0 Å². The molecule has 0 aromatic heterocycles. The average molecular weight is 310 g/mol. The third kappa shape index (κ3) is 4.28. The quantitative estimate of drug-likeness (QED) is 0.605. The number of ketones is 2. The highest BCUT2D eigenvalue weighted by Crippen LogP contribution is 2.23. The van der Waals surface area contributed by atoms with E-state index in [1.54, 1.807) is 37.4 Å². The minimum atomic E-state index is -0.199. The molecule has 0 fully saturated rings. The van der Waals surface area contributed by atoms with Crippen LogP contribution in [0, 0.1) is 0 Å². The lowest BCUT2D eigenvalue weighted by molar-refractivity contribution is 0.0894. The predicted molar refractivity (Wildman–Crippen MR) is 91.4 cm³/mol. The van der Waals surface area contributed by atoms with E-state index in [1.807, 2.05) is 18.2 Å². The number of benzene rings is 2. The molecule has 3 heteroatoms. The van der Waals surface area contributed by atoms with Gasteiger partial charge in [0, 0.05) is 11.1 Å². The van der Waals surface area contributed by atoms with Crippen molar-refractivity contribution in [1.29, 1.82) is 0 Å². The summed E-state index contributed by atoms with van der Waals surface area (Å²) in [7, 11) is 1.55. The van der Waals surface area contributed by atoms with Gasteiger partial charge in [-0.25, -0.2) is 0 Å². The Balaban J connectivity index is 2.17. The largest absolute Gasteiger partial charge is 0.497 e. The first kappa shape index (κ1) is 16.9. The van der Waals surface area contributed by atoms with Crippen molar-refractivity contribution in [2.24, 2.45) is 0 Å². The number of rotatable bonds is 5. The third-order valence-electron chi connectivity index (χ3n) is 3.76. The van der Waals surface area contributed by atoms with Crippen LogP contribution in [0.4, 0.5) is 0 Å². The van der Waals surface area contributed by atoms with Gasteiger partial charge >= 0.3 is 0 Å². The van der Waals surface area contributed by atoms with E-state index in [9.17, 15) is 9.59 Å². The van der Waals surface area contributed by atoms with Crippen molar-refractivity contribution in [2.75, 3.05) is 7.11 Å². The second kappa shape index (κ2) is 6.78. The fourth-order valence-electron chi connectivity index (χ4n) is 2.31. The molecule has 0 radical (unpaired) electrons. The van der Waals surface area contributed by atoms with Crippen LogP contribution in [-0.4, -0.2) is 18.7 Å². The summed E-state index contributed by atoms with van der Waals surface area (Å²) >= 11 is 0. The van der Waals surface area contributed by atoms with Crippen LogP contribution in [0.25, 0.3) is 0 Å². The highest BCUT2D eigenvalue weighted by molar-refractivity contribution is 6.13. The molecule has 0 aliphatic heterocycles. The van der Waals surface area contributed by atoms with Crippen molar-refractivity contribution in [3.05, 3.63) is 65.2 Å². The smallest absolute Gasteiger partial charge is 0.170 e. The number of ether oxygens (including phenoxy) is 1. The van der Waals surface area contributed by atoms with Crippen molar-refractivity contribution in [2.45, 2.75) is 32.6 Å². The first-order valence-electron chi connectivity index (χ1n) is 7.62. The van der Waals surface area contributed by atoms with Gasteiger partial charge in [-0.15, -0.1) is 0 Å². The van der Waals surface area contributed by atoms with E-state index in [1.165, 1.54) is 0 Å². The highest BCUT2D eigenvalue weighted by atomic mass is 16.5. The first-order valence-corrected chi connectivity index (χ1v) is 7.62. The second-order valence-electron chi connectivity index (χ2n) is 6.59. The summed E-state index contributed by atoms with van der Waals surface area (Å²) in [5.41, 5.74) is 2.11. The van der Waals surface area contributed by atoms with Gasteiger partial charge in [0.2, 0.25) is 0 Å². The summed E-state index contributed by atoms with van der Waals surface area (Å²) < 4.78 is 5.11. The second-order valence-corrected chi connectivity index (χ2v) is 6.59. The van der Waals surface area contributed by atoms with Crippen LogP contribution in [0.2, 0.25) is 0 Å². The molecule has 0 bridgehead atoms. The van der Waals surface area contributed by atoms with Gasteiger partial charge in [0.05, 0.1) is 13.5 Å². The van der Waals surface area contributed by atoms with Crippen LogP contribution in [0.15, 0.2) is 48.5 Å². The van der Waals surface area contributed by atoms with E-state index in [2.05, 4.69) is 20.8 Å². The van der Waals surface area contributed by atoms with Crippen molar-refractivity contribution >= 4 is 11.6 Å². The number of Topliss-reactive ketones (excluding diaryl/α,β-unsaturated/α-hetero) is 2. The molecular weight excluding hydrogens is 288 g/mol. The average Bonchev–Trinajstić information content (AvgIpc) is 2.54. The molecule has 2 rings (SSSR count). The molecule has 0 aliphatic rings. The van der Waals surface area contributed by atoms with Crippen LogP contribution in [0.1, 0.15) is 53.5 Å². The van der Waals surface area contributed by atoms with Crippen LogP contribution in [0.5, 0.6) is 5.75 Å². The predicted octanol–water partition coefficient (Wildman–Crippen LogP) is 4.45. The van der Waals surface area contributed by atoms with Crippen LogP contribution >= 0.6 is 0 Å². The Morgan fingerprint density at radius 2 is 1.48 bits per heavy atom. The molecule has 0 amide bonds. The number of carbonyl (C=O) groups excluding carboxylic acids is 2. The van der Waals surface area contributed by atoms with Crippen LogP contribution in [0.3, 0.4) is 0 Å². The summed E-state index contributed by atoms with van der Waals surface area (Å²) in [6.07, 6.45) is -0.138. The van der Waals surface area contributed by atoms with Crippen molar-refractivity contribution < 1.29 is 14.3 Å². The summed E-state index contributed by atoms with van der Waals surface area (Å²) in [4.78, 5) is 24.7. The lowest BCUT2D eigenvalue weighted by atomic mass is 9.85. The minimum absolute atomic E-state index is 0.0346. The van der Waals surface area contributed by atoms with Gasteiger partial charge < -0.3 is 4.74 Å². The first-order chi connectivity index (χ1) is 10.8. The minimum Gasteiger partial charge on any atom is -0.497 e. The summed E-state index contributed by atoms with van der Waals surface area (Å²) in [6.45, 7) is 6.29. The van der Waals surface area contributed by atoms with E-state index in [0.29, 0.717) is 16.9 Å². The van der Waals surface area contributed by atoms with E-state index in [4.69, 9.17) is 4.74 Å². The Morgan fingerprint density at radius 1 is 0.913 bits per heavy atom. The molecule has 0 aliphatic carbocycles. The molecule has 0 atom stereocenters. The Bertz CT molecular complexity index is 724. The Hall–Kier alpha value is -2.42. The molecule has 0 unspecified atom stereocenters. The molecule has 2 aromatic rings. The number of carbonyl (C=O) groups is 2. The maximum Gasteiger partial charge on any atom is 0.170 e. The molecule has 0 saturated heterocycles. The summed E-state index contributed by atoms with van der Waals surface area (Å²) in [5.74, 6) is 0.247. The van der Waals surface area contributed by atoms with Crippen LogP contribution in [-0.2, 0) is 5.41 Å². The molecule has 0 heterocycles.